The van der Waals surface area contributed by atoms with E-state index >= 15 is 0 Å². The van der Waals surface area contributed by atoms with Crippen molar-refractivity contribution < 1.29 is 14.5 Å². The Kier molecular flexibility index (Phi) is 6.03. The Morgan fingerprint density at radius 2 is 1.85 bits per heavy atom. The van der Waals surface area contributed by atoms with Gasteiger partial charge in [0.2, 0.25) is 0 Å². The summed E-state index contributed by atoms with van der Waals surface area (Å²) in [6, 6.07) is 10.7. The van der Waals surface area contributed by atoms with Gasteiger partial charge in [-0.05, 0) is 31.5 Å². The van der Waals surface area contributed by atoms with Gasteiger partial charge in [0.25, 0.3) is 5.69 Å². The fourth-order valence-electron chi connectivity index (χ4n) is 2.02. The number of nitro benzene ring substituents is 1. The molecule has 2 aromatic carbocycles. The first kappa shape index (κ1) is 19.1. The number of hydrogen-bond donors (Lipinski definition) is 2. The molecule has 0 aliphatic heterocycles. The van der Waals surface area contributed by atoms with Gasteiger partial charge in [-0.25, -0.2) is 5.43 Å². The van der Waals surface area contributed by atoms with Gasteiger partial charge in [0, 0.05) is 28.4 Å². The van der Waals surface area contributed by atoms with E-state index in [4.69, 9.17) is 11.6 Å². The molecule has 0 heterocycles. The van der Waals surface area contributed by atoms with Gasteiger partial charge in [0.05, 0.1) is 10.6 Å². The van der Waals surface area contributed by atoms with E-state index in [9.17, 15) is 19.7 Å². The summed E-state index contributed by atoms with van der Waals surface area (Å²) in [5.41, 5.74) is 3.83. The fraction of sp³-hybridized carbons (Fsp3) is 0.118. The second kappa shape index (κ2) is 8.21. The van der Waals surface area contributed by atoms with Gasteiger partial charge in [-0.2, -0.15) is 5.10 Å². The van der Waals surface area contributed by atoms with Crippen molar-refractivity contribution in [2.45, 2.75) is 13.8 Å². The molecule has 134 valence electrons. The zero-order chi connectivity index (χ0) is 19.3. The van der Waals surface area contributed by atoms with E-state index in [1.807, 2.05) is 0 Å². The van der Waals surface area contributed by atoms with Crippen molar-refractivity contribution >= 4 is 40.5 Å². The number of carbonyl (C=O) groups is 2. The normalized spacial score (nSPS) is 11.0. The van der Waals surface area contributed by atoms with Gasteiger partial charge in [0.15, 0.2) is 0 Å². The van der Waals surface area contributed by atoms with Crippen LogP contribution >= 0.6 is 11.6 Å². The zero-order valence-corrected chi connectivity index (χ0v) is 14.7. The topological polar surface area (TPSA) is 114 Å². The Morgan fingerprint density at radius 1 is 1.15 bits per heavy atom. The Balaban J connectivity index is 2.05. The molecule has 0 radical (unpaired) electrons. The largest absolute Gasteiger partial charge is 0.329 e. The summed E-state index contributed by atoms with van der Waals surface area (Å²) in [5, 5.41) is 17.5. The summed E-state index contributed by atoms with van der Waals surface area (Å²) in [7, 11) is 0. The molecule has 2 amide bonds. The molecule has 0 aliphatic carbocycles. The van der Waals surface area contributed by atoms with Crippen molar-refractivity contribution in [3.8, 4) is 0 Å². The van der Waals surface area contributed by atoms with E-state index in [1.165, 1.54) is 18.2 Å². The quantitative estimate of drug-likeness (QED) is 0.370. The molecule has 26 heavy (non-hydrogen) atoms. The summed E-state index contributed by atoms with van der Waals surface area (Å²) in [5.74, 6) is -1.89. The average Bonchev–Trinajstić information content (AvgIpc) is 2.63. The minimum atomic E-state index is -0.978. The van der Waals surface area contributed by atoms with Crippen molar-refractivity contribution in [2.24, 2.45) is 5.10 Å². The van der Waals surface area contributed by atoms with Crippen molar-refractivity contribution in [2.75, 3.05) is 5.32 Å². The van der Waals surface area contributed by atoms with Crippen molar-refractivity contribution in [3.63, 3.8) is 0 Å². The fourth-order valence-corrected chi connectivity index (χ4v) is 2.19. The number of benzene rings is 2. The van der Waals surface area contributed by atoms with E-state index in [1.54, 1.807) is 38.1 Å². The highest BCUT2D eigenvalue weighted by molar-refractivity contribution is 6.40. The monoisotopic (exact) mass is 374 g/mol. The van der Waals surface area contributed by atoms with Gasteiger partial charge in [0.1, 0.15) is 0 Å². The van der Waals surface area contributed by atoms with Crippen LogP contribution in [-0.4, -0.2) is 22.4 Å². The predicted octanol–water partition coefficient (Wildman–Crippen LogP) is 3.04. The molecule has 0 fully saturated rings. The third-order valence-corrected chi connectivity index (χ3v) is 3.93. The maximum absolute atomic E-state index is 11.9. The molecular formula is C17H15ClN4O4. The molecule has 0 saturated carbocycles. The smallest absolute Gasteiger partial charge is 0.317 e. The SMILES string of the molecule is C/C(=N\NC(=O)C(=O)Nc1cccc(Cl)c1C)c1cccc([N+](=O)[O-])c1. The standard InChI is InChI=1S/C17H15ClN4O4/c1-10-14(18)7-4-8-15(10)19-16(23)17(24)21-20-11(2)12-5-3-6-13(9-12)22(25)26/h3-9H,1-2H3,(H,19,23)(H,21,24)/b20-11+. The summed E-state index contributed by atoms with van der Waals surface area (Å²) >= 11 is 5.96. The summed E-state index contributed by atoms with van der Waals surface area (Å²) in [4.78, 5) is 34.1. The van der Waals surface area contributed by atoms with Gasteiger partial charge in [-0.1, -0.05) is 29.8 Å². The Hall–Kier alpha value is -3.26. The van der Waals surface area contributed by atoms with Crippen LogP contribution < -0.4 is 10.7 Å². The van der Waals surface area contributed by atoms with Crippen LogP contribution in [0, 0.1) is 17.0 Å². The minimum absolute atomic E-state index is 0.0995. The molecular weight excluding hydrogens is 360 g/mol. The third-order valence-electron chi connectivity index (χ3n) is 3.52. The molecule has 2 rings (SSSR count). The lowest BCUT2D eigenvalue weighted by Crippen LogP contribution is -2.33. The van der Waals surface area contributed by atoms with Crippen LogP contribution in [0.1, 0.15) is 18.1 Å². The molecule has 0 unspecified atom stereocenters. The van der Waals surface area contributed by atoms with E-state index < -0.39 is 16.7 Å². The Labute approximate surface area is 154 Å². The lowest BCUT2D eigenvalue weighted by molar-refractivity contribution is -0.384. The van der Waals surface area contributed by atoms with Crippen LogP contribution in [0.15, 0.2) is 47.6 Å². The lowest BCUT2D eigenvalue weighted by Gasteiger charge is -2.08. The molecule has 0 aliphatic rings. The number of halogens is 1. The maximum Gasteiger partial charge on any atom is 0.329 e. The van der Waals surface area contributed by atoms with Crippen LogP contribution in [0.25, 0.3) is 0 Å². The maximum atomic E-state index is 11.9. The number of rotatable bonds is 4. The molecule has 0 atom stereocenters. The van der Waals surface area contributed by atoms with Crippen LogP contribution in [0.4, 0.5) is 11.4 Å². The van der Waals surface area contributed by atoms with Crippen molar-refractivity contribution in [1.82, 2.24) is 5.43 Å². The molecule has 0 bridgehead atoms. The van der Waals surface area contributed by atoms with E-state index in [2.05, 4.69) is 15.8 Å². The Bertz CT molecular complexity index is 911. The number of non-ortho nitro benzene ring substituents is 1. The van der Waals surface area contributed by atoms with Gasteiger partial charge in [-0.3, -0.25) is 19.7 Å². The Morgan fingerprint density at radius 3 is 2.54 bits per heavy atom. The minimum Gasteiger partial charge on any atom is -0.317 e. The highest BCUT2D eigenvalue weighted by Crippen LogP contribution is 2.22. The number of hydrogen-bond acceptors (Lipinski definition) is 5. The second-order valence-corrected chi connectivity index (χ2v) is 5.72. The van der Waals surface area contributed by atoms with Crippen molar-refractivity contribution in [1.29, 1.82) is 0 Å². The van der Waals surface area contributed by atoms with Gasteiger partial charge < -0.3 is 5.32 Å². The highest BCUT2D eigenvalue weighted by Gasteiger charge is 2.15. The number of anilines is 1. The number of carbonyl (C=O) groups excluding carboxylic acids is 2. The van der Waals surface area contributed by atoms with Gasteiger partial charge >= 0.3 is 11.8 Å². The number of nitrogens with zero attached hydrogens (tertiary/aromatic N) is 2. The van der Waals surface area contributed by atoms with E-state index in [-0.39, 0.29) is 5.69 Å². The van der Waals surface area contributed by atoms with E-state index in [0.29, 0.717) is 27.5 Å². The van der Waals surface area contributed by atoms with Crippen LogP contribution in [-0.2, 0) is 9.59 Å². The molecule has 0 aromatic heterocycles. The summed E-state index contributed by atoms with van der Waals surface area (Å²) in [6.07, 6.45) is 0. The highest BCUT2D eigenvalue weighted by atomic mass is 35.5. The first-order valence-corrected chi connectivity index (χ1v) is 7.83. The lowest BCUT2D eigenvalue weighted by atomic mass is 10.1. The molecule has 9 heteroatoms. The van der Waals surface area contributed by atoms with Crippen LogP contribution in [0.3, 0.4) is 0 Å². The first-order chi connectivity index (χ1) is 12.3. The molecule has 2 N–H and O–H groups in total. The number of nitrogens with one attached hydrogen (secondary N) is 2. The molecule has 8 nitrogen and oxygen atoms in total. The third kappa shape index (κ3) is 4.64. The number of amides is 2. The molecule has 0 spiro atoms. The average molecular weight is 375 g/mol. The summed E-state index contributed by atoms with van der Waals surface area (Å²) < 4.78 is 0. The van der Waals surface area contributed by atoms with Crippen molar-refractivity contribution in [3.05, 3.63) is 68.7 Å². The van der Waals surface area contributed by atoms with E-state index in [0.717, 1.165) is 0 Å². The number of hydrazone groups is 1. The molecule has 2 aromatic rings. The first-order valence-electron chi connectivity index (χ1n) is 7.45. The zero-order valence-electron chi connectivity index (χ0n) is 13.9. The summed E-state index contributed by atoms with van der Waals surface area (Å²) in [6.45, 7) is 3.26. The van der Waals surface area contributed by atoms with Crippen LogP contribution in [0.2, 0.25) is 5.02 Å². The van der Waals surface area contributed by atoms with Crippen LogP contribution in [0.5, 0.6) is 0 Å². The van der Waals surface area contributed by atoms with Gasteiger partial charge in [-0.15, -0.1) is 0 Å². The molecule has 0 saturated heterocycles. The number of nitro groups is 1. The predicted molar refractivity (Wildman–Crippen MR) is 98.3 cm³/mol. The second-order valence-electron chi connectivity index (χ2n) is 5.31.